The van der Waals surface area contributed by atoms with Crippen molar-refractivity contribution in [3.05, 3.63) is 71.3 Å². The number of anilines is 3. The van der Waals surface area contributed by atoms with Crippen molar-refractivity contribution < 1.29 is 4.79 Å². The first-order valence-corrected chi connectivity index (χ1v) is 9.67. The lowest BCUT2D eigenvalue weighted by molar-refractivity contribution is 0.100. The Hall–Kier alpha value is -3.89. The van der Waals surface area contributed by atoms with Crippen LogP contribution in [0.1, 0.15) is 21.5 Å². The van der Waals surface area contributed by atoms with Gasteiger partial charge in [0.25, 0.3) is 5.91 Å². The number of fused-ring (bicyclic) bond motifs is 1. The summed E-state index contributed by atoms with van der Waals surface area (Å²) in [5.41, 5.74) is 16.1. The topological polar surface area (TPSA) is 118 Å². The van der Waals surface area contributed by atoms with E-state index in [2.05, 4.69) is 16.4 Å². The van der Waals surface area contributed by atoms with E-state index >= 15 is 0 Å². The number of nitriles is 1. The van der Waals surface area contributed by atoms with E-state index in [1.54, 1.807) is 0 Å². The van der Waals surface area contributed by atoms with Gasteiger partial charge in [-0.1, -0.05) is 48.5 Å². The number of carbonyl (C=O) groups excluding carboxylic acids is 1. The quantitative estimate of drug-likeness (QED) is 0.465. The second kappa shape index (κ2) is 7.26. The summed E-state index contributed by atoms with van der Waals surface area (Å²) in [5.74, 6) is -0.537. The molecule has 0 radical (unpaired) electrons. The van der Waals surface area contributed by atoms with E-state index in [-0.39, 0.29) is 16.9 Å². The van der Waals surface area contributed by atoms with Gasteiger partial charge in [0.05, 0.1) is 10.2 Å². The molecule has 6 nitrogen and oxygen atoms in total. The molecule has 5 N–H and O–H groups in total. The van der Waals surface area contributed by atoms with E-state index in [0.29, 0.717) is 20.8 Å². The lowest BCUT2D eigenvalue weighted by Crippen LogP contribution is -2.13. The highest BCUT2D eigenvalue weighted by Crippen LogP contribution is 2.44. The highest BCUT2D eigenvalue weighted by atomic mass is 32.1. The van der Waals surface area contributed by atoms with Crippen LogP contribution in [-0.2, 0) is 0 Å². The van der Waals surface area contributed by atoms with E-state index in [1.165, 1.54) is 11.3 Å². The molecule has 2 heterocycles. The number of carbonyl (C=O) groups is 1. The zero-order valence-electron chi connectivity index (χ0n) is 15.6. The van der Waals surface area contributed by atoms with Gasteiger partial charge in [0.1, 0.15) is 28.0 Å². The molecule has 0 atom stereocenters. The van der Waals surface area contributed by atoms with Gasteiger partial charge in [-0.05, 0) is 24.1 Å². The van der Waals surface area contributed by atoms with Crippen molar-refractivity contribution in [3.8, 4) is 17.2 Å². The third-order valence-electron chi connectivity index (χ3n) is 4.66. The molecule has 29 heavy (non-hydrogen) atoms. The molecule has 142 valence electrons. The molecule has 0 aliphatic heterocycles. The highest BCUT2D eigenvalue weighted by molar-refractivity contribution is 7.24. The molecule has 0 unspecified atom stereocenters. The number of primary amides is 1. The summed E-state index contributed by atoms with van der Waals surface area (Å²) in [6.45, 7) is 1.97. The highest BCUT2D eigenvalue weighted by Gasteiger charge is 2.25. The molecule has 0 saturated carbocycles. The monoisotopic (exact) mass is 399 g/mol. The molecular weight excluding hydrogens is 382 g/mol. The average molecular weight is 399 g/mol. The predicted octanol–water partition coefficient (Wildman–Crippen LogP) is 4.57. The van der Waals surface area contributed by atoms with Gasteiger partial charge in [-0.15, -0.1) is 11.3 Å². The normalized spacial score (nSPS) is 10.6. The number of aryl methyl sites for hydroxylation is 1. The van der Waals surface area contributed by atoms with Crippen LogP contribution in [0.4, 0.5) is 16.5 Å². The SMILES string of the molecule is Cc1ccccc1Nc1sc2c(-c3ccccc3)c(C#N)c(N)nc2c1C(N)=O. The lowest BCUT2D eigenvalue weighted by Gasteiger charge is -2.08. The van der Waals surface area contributed by atoms with E-state index in [4.69, 9.17) is 11.5 Å². The molecule has 7 heteroatoms. The summed E-state index contributed by atoms with van der Waals surface area (Å²) >= 11 is 1.33. The van der Waals surface area contributed by atoms with E-state index in [9.17, 15) is 10.1 Å². The Morgan fingerprint density at radius 2 is 1.83 bits per heavy atom. The van der Waals surface area contributed by atoms with Crippen molar-refractivity contribution in [2.45, 2.75) is 6.92 Å². The summed E-state index contributed by atoms with van der Waals surface area (Å²) in [6, 6.07) is 19.3. The van der Waals surface area contributed by atoms with Gasteiger partial charge in [0.2, 0.25) is 0 Å². The van der Waals surface area contributed by atoms with Crippen LogP contribution in [0.25, 0.3) is 21.3 Å². The Bertz CT molecular complexity index is 1290. The fourth-order valence-electron chi connectivity index (χ4n) is 3.26. The lowest BCUT2D eigenvalue weighted by atomic mass is 10.00. The molecule has 0 aliphatic rings. The number of nitrogens with two attached hydrogens (primary N) is 2. The number of para-hydroxylation sites is 1. The number of hydrogen-bond acceptors (Lipinski definition) is 6. The van der Waals surface area contributed by atoms with Crippen molar-refractivity contribution in [2.24, 2.45) is 5.73 Å². The number of nitrogens with one attached hydrogen (secondary N) is 1. The second-order valence-corrected chi connectivity index (χ2v) is 7.53. The zero-order chi connectivity index (χ0) is 20.5. The van der Waals surface area contributed by atoms with Crippen molar-refractivity contribution in [1.29, 1.82) is 5.26 Å². The summed E-state index contributed by atoms with van der Waals surface area (Å²) in [5, 5.41) is 13.6. The Balaban J connectivity index is 2.05. The standard InChI is InChI=1S/C22H17N5OS/c1-12-7-5-6-10-15(12)26-22-17(21(25)28)18-19(29-22)16(13-8-3-2-4-9-13)14(11-23)20(24)27-18/h2-10,26H,1H3,(H2,24,27)(H2,25,28). The van der Waals surface area contributed by atoms with Gasteiger partial charge >= 0.3 is 0 Å². The smallest absolute Gasteiger partial charge is 0.253 e. The number of rotatable bonds is 4. The van der Waals surface area contributed by atoms with Gasteiger partial charge in [-0.3, -0.25) is 4.79 Å². The molecule has 0 bridgehead atoms. The third kappa shape index (κ3) is 3.16. The Morgan fingerprint density at radius 1 is 1.14 bits per heavy atom. The maximum Gasteiger partial charge on any atom is 0.253 e. The summed E-state index contributed by atoms with van der Waals surface area (Å²) < 4.78 is 0.687. The first kappa shape index (κ1) is 18.5. The number of benzene rings is 2. The molecule has 2 aromatic heterocycles. The summed E-state index contributed by atoms with van der Waals surface area (Å²) in [6.07, 6.45) is 0. The van der Waals surface area contributed by atoms with E-state index in [0.717, 1.165) is 16.8 Å². The molecule has 0 aliphatic carbocycles. The molecule has 0 saturated heterocycles. The maximum absolute atomic E-state index is 12.3. The van der Waals surface area contributed by atoms with Crippen LogP contribution < -0.4 is 16.8 Å². The van der Waals surface area contributed by atoms with Gasteiger partial charge in [0.15, 0.2) is 0 Å². The first-order valence-electron chi connectivity index (χ1n) is 8.85. The van der Waals surface area contributed by atoms with Gasteiger partial charge in [-0.25, -0.2) is 4.98 Å². The molecule has 0 fully saturated rings. The van der Waals surface area contributed by atoms with Gasteiger partial charge < -0.3 is 16.8 Å². The largest absolute Gasteiger partial charge is 0.383 e. The number of hydrogen-bond donors (Lipinski definition) is 3. The van der Waals surface area contributed by atoms with Crippen molar-refractivity contribution in [2.75, 3.05) is 11.1 Å². The zero-order valence-corrected chi connectivity index (χ0v) is 16.4. The Kier molecular flexibility index (Phi) is 4.63. The van der Waals surface area contributed by atoms with E-state index in [1.807, 2.05) is 61.5 Å². The Labute approximate surface area is 171 Å². The van der Waals surface area contributed by atoms with Crippen LogP contribution in [0.2, 0.25) is 0 Å². The number of nitrogens with zero attached hydrogens (tertiary/aromatic N) is 2. The van der Waals surface area contributed by atoms with Crippen molar-refractivity contribution in [3.63, 3.8) is 0 Å². The minimum Gasteiger partial charge on any atom is -0.383 e. The van der Waals surface area contributed by atoms with Gasteiger partial charge in [-0.2, -0.15) is 5.26 Å². The van der Waals surface area contributed by atoms with Crippen LogP contribution in [0.5, 0.6) is 0 Å². The number of nitrogen functional groups attached to an aromatic ring is 1. The maximum atomic E-state index is 12.3. The number of aromatic nitrogens is 1. The van der Waals surface area contributed by atoms with Crippen LogP contribution in [-0.4, -0.2) is 10.9 Å². The fraction of sp³-hybridized carbons (Fsp3) is 0.0455. The molecule has 4 rings (SSSR count). The molecule has 2 aromatic carbocycles. The molecule has 4 aromatic rings. The van der Waals surface area contributed by atoms with Crippen molar-refractivity contribution >= 4 is 44.0 Å². The first-order chi connectivity index (χ1) is 14.0. The van der Waals surface area contributed by atoms with Gasteiger partial charge in [0, 0.05) is 11.3 Å². The minimum atomic E-state index is -0.608. The third-order valence-corrected chi connectivity index (χ3v) is 5.77. The number of amides is 1. The Morgan fingerprint density at radius 3 is 2.48 bits per heavy atom. The predicted molar refractivity (Wildman–Crippen MR) is 117 cm³/mol. The summed E-state index contributed by atoms with van der Waals surface area (Å²) in [7, 11) is 0. The van der Waals surface area contributed by atoms with Crippen molar-refractivity contribution in [1.82, 2.24) is 4.98 Å². The molecule has 0 spiro atoms. The molecule has 1 amide bonds. The average Bonchev–Trinajstić information content (AvgIpc) is 3.06. The van der Waals surface area contributed by atoms with Crippen LogP contribution >= 0.6 is 11.3 Å². The minimum absolute atomic E-state index is 0.0709. The molecular formula is C22H17N5OS. The number of thiophene rings is 1. The van der Waals surface area contributed by atoms with E-state index < -0.39 is 5.91 Å². The van der Waals surface area contributed by atoms with Crippen LogP contribution in [0.3, 0.4) is 0 Å². The fourth-order valence-corrected chi connectivity index (χ4v) is 4.49. The number of pyridine rings is 1. The van der Waals surface area contributed by atoms with Crippen LogP contribution in [0, 0.1) is 18.3 Å². The van der Waals surface area contributed by atoms with Crippen LogP contribution in [0.15, 0.2) is 54.6 Å². The summed E-state index contributed by atoms with van der Waals surface area (Å²) in [4.78, 5) is 16.7. The second-order valence-electron chi connectivity index (χ2n) is 6.51.